The third-order valence-electron chi connectivity index (χ3n) is 1.63. The Morgan fingerprint density at radius 2 is 2.50 bits per heavy atom. The minimum atomic E-state index is -0.606. The van der Waals surface area contributed by atoms with Crippen LogP contribution in [0.2, 0.25) is 0 Å². The first-order valence-corrected chi connectivity index (χ1v) is 4.24. The lowest BCUT2D eigenvalue weighted by Crippen LogP contribution is -2.24. The summed E-state index contributed by atoms with van der Waals surface area (Å²) in [5.74, 6) is -1.03. The van der Waals surface area contributed by atoms with Crippen LogP contribution in [0.25, 0.3) is 0 Å². The van der Waals surface area contributed by atoms with Gasteiger partial charge in [-0.15, -0.1) is 0 Å². The highest BCUT2D eigenvalue weighted by atomic mass is 19.1. The summed E-state index contributed by atoms with van der Waals surface area (Å²) < 4.78 is 13.0. The molecule has 1 amide bonds. The lowest BCUT2D eigenvalue weighted by molar-refractivity contribution is 0.0954. The number of aromatic nitrogens is 1. The Labute approximate surface area is 81.7 Å². The summed E-state index contributed by atoms with van der Waals surface area (Å²) in [6.45, 7) is 2.25. The Morgan fingerprint density at radius 1 is 1.71 bits per heavy atom. The predicted octanol–water partition coefficient (Wildman–Crippen LogP) is 1.53. The van der Waals surface area contributed by atoms with Crippen LogP contribution in [-0.4, -0.2) is 17.4 Å². The van der Waals surface area contributed by atoms with E-state index in [1.54, 1.807) is 6.08 Å². The molecule has 74 valence electrons. The molecule has 1 heterocycles. The highest BCUT2D eigenvalue weighted by Gasteiger charge is 2.09. The molecule has 1 N–H and O–H groups in total. The maximum Gasteiger partial charge on any atom is 0.254 e. The highest BCUT2D eigenvalue weighted by Crippen LogP contribution is 2.03. The minimum Gasteiger partial charge on any atom is -0.348 e. The molecule has 1 rings (SSSR count). The van der Waals surface area contributed by atoms with Crippen molar-refractivity contribution in [3.63, 3.8) is 0 Å². The van der Waals surface area contributed by atoms with Crippen molar-refractivity contribution in [2.75, 3.05) is 6.54 Å². The molecule has 0 saturated carbocycles. The van der Waals surface area contributed by atoms with Crippen molar-refractivity contribution >= 4 is 5.91 Å². The van der Waals surface area contributed by atoms with Crippen molar-refractivity contribution < 1.29 is 9.18 Å². The van der Waals surface area contributed by atoms with Crippen molar-refractivity contribution in [1.29, 1.82) is 0 Å². The molecule has 14 heavy (non-hydrogen) atoms. The number of hydrogen-bond acceptors (Lipinski definition) is 2. The number of nitrogens with zero attached hydrogens (tertiary/aromatic N) is 1. The third-order valence-corrected chi connectivity index (χ3v) is 1.63. The van der Waals surface area contributed by atoms with Gasteiger partial charge in [0.05, 0.1) is 11.8 Å². The van der Waals surface area contributed by atoms with E-state index in [0.717, 1.165) is 6.20 Å². The molecule has 0 bridgehead atoms. The number of carbonyl (C=O) groups is 1. The lowest BCUT2D eigenvalue weighted by atomic mass is 10.2. The molecule has 0 saturated heterocycles. The average molecular weight is 194 g/mol. The molecule has 1 aromatic rings. The Balaban J connectivity index is 2.65. The molecule has 1 aromatic heterocycles. The number of nitrogens with one attached hydrogen (secondary N) is 1. The van der Waals surface area contributed by atoms with Gasteiger partial charge in [-0.3, -0.25) is 9.78 Å². The molecule has 0 radical (unpaired) electrons. The van der Waals surface area contributed by atoms with Gasteiger partial charge in [0.2, 0.25) is 0 Å². The fourth-order valence-corrected chi connectivity index (χ4v) is 0.924. The SMILES string of the molecule is C/C=C/CNC(=O)c1ccncc1F. The molecule has 0 aliphatic heterocycles. The quantitative estimate of drug-likeness (QED) is 0.741. The second kappa shape index (κ2) is 5.11. The standard InChI is InChI=1S/C10H11FN2O/c1-2-3-5-13-10(14)8-4-6-12-7-9(8)11/h2-4,6-7H,5H2,1H3,(H,13,14)/b3-2+. The molecule has 4 heteroatoms. The van der Waals surface area contributed by atoms with Crippen LogP contribution in [-0.2, 0) is 0 Å². The van der Waals surface area contributed by atoms with Crippen molar-refractivity contribution in [3.8, 4) is 0 Å². The third kappa shape index (κ3) is 2.65. The number of rotatable bonds is 3. The van der Waals surface area contributed by atoms with Gasteiger partial charge in [0.1, 0.15) is 0 Å². The fraction of sp³-hybridized carbons (Fsp3) is 0.200. The summed E-state index contributed by atoms with van der Waals surface area (Å²) in [4.78, 5) is 14.9. The normalized spacial score (nSPS) is 10.4. The second-order valence-corrected chi connectivity index (χ2v) is 2.63. The Morgan fingerprint density at radius 3 is 3.14 bits per heavy atom. The van der Waals surface area contributed by atoms with E-state index in [1.165, 1.54) is 12.3 Å². The van der Waals surface area contributed by atoms with E-state index < -0.39 is 11.7 Å². The van der Waals surface area contributed by atoms with Crippen molar-refractivity contribution in [1.82, 2.24) is 10.3 Å². The smallest absolute Gasteiger partial charge is 0.254 e. The largest absolute Gasteiger partial charge is 0.348 e. The Hall–Kier alpha value is -1.71. The maximum atomic E-state index is 13.0. The number of carbonyl (C=O) groups excluding carboxylic acids is 1. The second-order valence-electron chi connectivity index (χ2n) is 2.63. The molecule has 0 unspecified atom stereocenters. The summed E-state index contributed by atoms with van der Waals surface area (Å²) in [7, 11) is 0. The molecular formula is C10H11FN2O. The van der Waals surface area contributed by atoms with Crippen molar-refractivity contribution in [2.45, 2.75) is 6.92 Å². The molecule has 0 aliphatic carbocycles. The molecule has 0 spiro atoms. The number of amides is 1. The number of allylic oxidation sites excluding steroid dienone is 1. The highest BCUT2D eigenvalue weighted by molar-refractivity contribution is 5.94. The minimum absolute atomic E-state index is 0.0181. The van der Waals surface area contributed by atoms with E-state index in [-0.39, 0.29) is 5.56 Å². The van der Waals surface area contributed by atoms with Crippen LogP contribution in [0.3, 0.4) is 0 Å². The van der Waals surface area contributed by atoms with Gasteiger partial charge in [0.15, 0.2) is 5.82 Å². The monoisotopic (exact) mass is 194 g/mol. The van der Waals surface area contributed by atoms with Crippen molar-refractivity contribution in [2.24, 2.45) is 0 Å². The first kappa shape index (κ1) is 10.4. The molecule has 0 aliphatic rings. The van der Waals surface area contributed by atoms with Gasteiger partial charge in [-0.1, -0.05) is 12.2 Å². The van der Waals surface area contributed by atoms with Crippen LogP contribution >= 0.6 is 0 Å². The molecular weight excluding hydrogens is 183 g/mol. The van der Waals surface area contributed by atoms with Gasteiger partial charge in [0, 0.05) is 12.7 Å². The van der Waals surface area contributed by atoms with E-state index >= 15 is 0 Å². The first-order valence-electron chi connectivity index (χ1n) is 4.24. The molecule has 0 aromatic carbocycles. The van der Waals surface area contributed by atoms with Crippen LogP contribution in [0.5, 0.6) is 0 Å². The van der Waals surface area contributed by atoms with Crippen LogP contribution in [0, 0.1) is 5.82 Å². The van der Waals surface area contributed by atoms with Gasteiger partial charge >= 0.3 is 0 Å². The number of pyridine rings is 1. The Bertz CT molecular complexity index is 350. The van der Waals surface area contributed by atoms with Gasteiger partial charge in [-0.25, -0.2) is 4.39 Å². The fourth-order valence-electron chi connectivity index (χ4n) is 0.924. The molecule has 0 atom stereocenters. The summed E-state index contributed by atoms with van der Waals surface area (Å²) in [5.41, 5.74) is 0.0181. The van der Waals surface area contributed by atoms with Crippen LogP contribution in [0.4, 0.5) is 4.39 Å². The van der Waals surface area contributed by atoms with E-state index in [4.69, 9.17) is 0 Å². The number of hydrogen-bond donors (Lipinski definition) is 1. The summed E-state index contributed by atoms with van der Waals surface area (Å²) in [5, 5.41) is 2.55. The summed E-state index contributed by atoms with van der Waals surface area (Å²) in [6, 6.07) is 1.35. The average Bonchev–Trinajstić information content (AvgIpc) is 2.18. The lowest BCUT2D eigenvalue weighted by Gasteiger charge is -2.02. The first-order chi connectivity index (χ1) is 6.75. The zero-order valence-electron chi connectivity index (χ0n) is 7.83. The van der Waals surface area contributed by atoms with Gasteiger partial charge < -0.3 is 5.32 Å². The van der Waals surface area contributed by atoms with E-state index in [9.17, 15) is 9.18 Å². The summed E-state index contributed by atoms with van der Waals surface area (Å²) >= 11 is 0. The molecule has 3 nitrogen and oxygen atoms in total. The molecule has 0 fully saturated rings. The zero-order chi connectivity index (χ0) is 10.4. The van der Waals surface area contributed by atoms with Gasteiger partial charge in [0.25, 0.3) is 5.91 Å². The van der Waals surface area contributed by atoms with E-state index in [1.807, 2.05) is 13.0 Å². The Kier molecular flexibility index (Phi) is 3.79. The van der Waals surface area contributed by atoms with Crippen LogP contribution in [0.1, 0.15) is 17.3 Å². The van der Waals surface area contributed by atoms with E-state index in [2.05, 4.69) is 10.3 Å². The predicted molar refractivity (Wildman–Crippen MR) is 51.3 cm³/mol. The summed E-state index contributed by atoms with van der Waals surface area (Å²) in [6.07, 6.45) is 5.98. The van der Waals surface area contributed by atoms with Gasteiger partial charge in [-0.05, 0) is 13.0 Å². The topological polar surface area (TPSA) is 42.0 Å². The van der Waals surface area contributed by atoms with Crippen LogP contribution < -0.4 is 5.32 Å². The van der Waals surface area contributed by atoms with E-state index in [0.29, 0.717) is 6.54 Å². The van der Waals surface area contributed by atoms with Gasteiger partial charge in [-0.2, -0.15) is 0 Å². The van der Waals surface area contributed by atoms with Crippen molar-refractivity contribution in [3.05, 3.63) is 42.0 Å². The van der Waals surface area contributed by atoms with Crippen LogP contribution in [0.15, 0.2) is 30.6 Å². The maximum absolute atomic E-state index is 13.0. The number of halogens is 1. The zero-order valence-corrected chi connectivity index (χ0v) is 7.83.